The molecule has 1 aliphatic heterocycles. The van der Waals surface area contributed by atoms with Crippen LogP contribution in [0.5, 0.6) is 0 Å². The molecule has 0 bridgehead atoms. The van der Waals surface area contributed by atoms with Gasteiger partial charge >= 0.3 is 72.4 Å². The summed E-state index contributed by atoms with van der Waals surface area (Å²) in [5.41, 5.74) is -0.953. The van der Waals surface area contributed by atoms with Crippen molar-refractivity contribution in [3.05, 3.63) is 32.6 Å². The topological polar surface area (TPSA) is 140 Å². The predicted octanol–water partition coefficient (Wildman–Crippen LogP) is -7.23. The molecule has 1 unspecified atom stereocenters. The number of hydrogen-bond acceptors (Lipinski definition) is 6. The van der Waals surface area contributed by atoms with Crippen molar-refractivity contribution in [3.63, 3.8) is 0 Å². The second kappa shape index (κ2) is 9.88. The van der Waals surface area contributed by atoms with Crippen LogP contribution < -0.4 is 75.2 Å². The standard InChI is InChI=1S/C10H15N2O8P.2Na.2H/c1-6-3-12(10(14)11-9(6)13)20-8-2-7(4-18-8)19-5-21(15,16)17;;;;/h3,7-8H,2,4-5H2,1H3,(H,11,13,14)(H2,15,16,17);;;;/q;2*+1;2*-1/t7-,8?;;;;/m0..../s1. The summed E-state index contributed by atoms with van der Waals surface area (Å²) in [6.45, 7) is 1.60. The third-order valence-corrected chi connectivity index (χ3v) is 3.21. The molecule has 0 radical (unpaired) electrons. The zero-order valence-corrected chi connectivity index (χ0v) is 18.0. The van der Waals surface area contributed by atoms with Crippen molar-refractivity contribution in [3.8, 4) is 0 Å². The van der Waals surface area contributed by atoms with Crippen LogP contribution in [0.1, 0.15) is 14.8 Å². The molecule has 23 heavy (non-hydrogen) atoms. The molecule has 2 rings (SSSR count). The Morgan fingerprint density at radius 2 is 2.13 bits per heavy atom. The maximum Gasteiger partial charge on any atom is 1.00 e. The van der Waals surface area contributed by atoms with E-state index >= 15 is 0 Å². The Morgan fingerprint density at radius 1 is 1.48 bits per heavy atom. The summed E-state index contributed by atoms with van der Waals surface area (Å²) in [7, 11) is -4.24. The van der Waals surface area contributed by atoms with E-state index in [4.69, 9.17) is 24.1 Å². The molecule has 1 fully saturated rings. The maximum atomic E-state index is 11.5. The Labute approximate surface area is 178 Å². The molecule has 3 N–H and O–H groups in total. The molecule has 0 amide bonds. The van der Waals surface area contributed by atoms with Crippen LogP contribution in [0.3, 0.4) is 0 Å². The number of hydrogen-bond donors (Lipinski definition) is 3. The molecule has 0 saturated carbocycles. The molecule has 13 heteroatoms. The first kappa shape index (κ1) is 23.5. The number of H-pyrrole nitrogens is 1. The Kier molecular flexibility index (Phi) is 10.1. The van der Waals surface area contributed by atoms with Gasteiger partial charge in [-0.15, -0.1) is 4.73 Å². The van der Waals surface area contributed by atoms with Gasteiger partial charge in [0, 0.05) is 12.0 Å². The minimum Gasteiger partial charge on any atom is -1.00 e. The zero-order valence-electron chi connectivity index (χ0n) is 15.1. The minimum absolute atomic E-state index is 0. The van der Waals surface area contributed by atoms with Gasteiger partial charge in [0.2, 0.25) is 6.29 Å². The van der Waals surface area contributed by atoms with Crippen LogP contribution in [0.4, 0.5) is 0 Å². The monoisotopic (exact) mass is 370 g/mol. The van der Waals surface area contributed by atoms with Gasteiger partial charge in [0.05, 0.1) is 18.9 Å². The first-order valence-corrected chi connectivity index (χ1v) is 7.82. The van der Waals surface area contributed by atoms with Crippen LogP contribution in [0.25, 0.3) is 0 Å². The molecular formula is C10H17N2Na2O8P. The van der Waals surface area contributed by atoms with Crippen molar-refractivity contribution in [1.82, 2.24) is 9.71 Å². The van der Waals surface area contributed by atoms with Crippen LogP contribution in [0.2, 0.25) is 0 Å². The van der Waals surface area contributed by atoms with E-state index in [-0.39, 0.29) is 75.0 Å². The summed E-state index contributed by atoms with van der Waals surface area (Å²) in [6, 6.07) is 0. The number of ether oxygens (including phenoxy) is 2. The summed E-state index contributed by atoms with van der Waals surface area (Å²) in [5, 5.41) is 0. The molecule has 10 nitrogen and oxygen atoms in total. The zero-order chi connectivity index (χ0) is 15.6. The Bertz CT molecular complexity index is 682. The number of aromatic amines is 1. The Balaban J connectivity index is -0.00000121. The Morgan fingerprint density at radius 3 is 2.74 bits per heavy atom. The van der Waals surface area contributed by atoms with Gasteiger partial charge in [0.15, 0.2) is 0 Å². The van der Waals surface area contributed by atoms with Crippen molar-refractivity contribution >= 4 is 7.60 Å². The van der Waals surface area contributed by atoms with Gasteiger partial charge in [-0.05, 0) is 6.92 Å². The quantitative estimate of drug-likeness (QED) is 0.343. The average molecular weight is 370 g/mol. The fourth-order valence-corrected chi connectivity index (χ4v) is 2.11. The summed E-state index contributed by atoms with van der Waals surface area (Å²) in [4.78, 5) is 47.5. The molecule has 2 heterocycles. The van der Waals surface area contributed by atoms with Gasteiger partial charge in [-0.3, -0.25) is 14.3 Å². The molecule has 0 spiro atoms. The largest absolute Gasteiger partial charge is 1.00 e. The molecule has 0 aliphatic carbocycles. The summed E-state index contributed by atoms with van der Waals surface area (Å²) in [5.74, 6) is 0. The number of aromatic nitrogens is 2. The smallest absolute Gasteiger partial charge is 1.00 e. The first-order chi connectivity index (χ1) is 9.74. The van der Waals surface area contributed by atoms with Gasteiger partial charge < -0.3 is 27.0 Å². The molecule has 122 valence electrons. The van der Waals surface area contributed by atoms with Gasteiger partial charge in [-0.1, -0.05) is 0 Å². The van der Waals surface area contributed by atoms with Crippen molar-refractivity contribution in [2.24, 2.45) is 0 Å². The Hall–Kier alpha value is 0.550. The normalized spacial score (nSPS) is 20.5. The molecule has 0 aromatic carbocycles. The van der Waals surface area contributed by atoms with E-state index in [2.05, 4.69) is 4.98 Å². The van der Waals surface area contributed by atoms with E-state index in [0.29, 0.717) is 5.56 Å². The second-order valence-electron chi connectivity index (χ2n) is 4.58. The molecular weight excluding hydrogens is 353 g/mol. The van der Waals surface area contributed by atoms with Crippen LogP contribution in [-0.2, 0) is 14.0 Å². The summed E-state index contributed by atoms with van der Waals surface area (Å²) < 4.78 is 21.7. The van der Waals surface area contributed by atoms with Gasteiger partial charge in [0.25, 0.3) is 5.56 Å². The average Bonchev–Trinajstić information content (AvgIpc) is 2.80. The van der Waals surface area contributed by atoms with Gasteiger partial charge in [-0.2, -0.15) is 0 Å². The van der Waals surface area contributed by atoms with E-state index in [1.54, 1.807) is 0 Å². The number of nitrogens with zero attached hydrogens (tertiary/aromatic N) is 1. The summed E-state index contributed by atoms with van der Waals surface area (Å²) >= 11 is 0. The van der Waals surface area contributed by atoms with E-state index in [1.165, 1.54) is 13.1 Å². The molecule has 1 aliphatic rings. The van der Waals surface area contributed by atoms with Crippen LogP contribution in [0, 0.1) is 6.92 Å². The van der Waals surface area contributed by atoms with Gasteiger partial charge in [-0.25, -0.2) is 4.79 Å². The van der Waals surface area contributed by atoms with E-state index < -0.39 is 37.6 Å². The molecule has 1 saturated heterocycles. The third-order valence-electron chi connectivity index (χ3n) is 2.72. The fourth-order valence-electron chi connectivity index (χ4n) is 1.71. The van der Waals surface area contributed by atoms with Crippen molar-refractivity contribution in [2.45, 2.75) is 25.7 Å². The second-order valence-corrected chi connectivity index (χ2v) is 6.17. The van der Waals surface area contributed by atoms with Crippen molar-refractivity contribution < 1.29 is 90.6 Å². The number of rotatable bonds is 5. The van der Waals surface area contributed by atoms with Crippen LogP contribution >= 0.6 is 7.60 Å². The van der Waals surface area contributed by atoms with Crippen molar-refractivity contribution in [1.29, 1.82) is 0 Å². The van der Waals surface area contributed by atoms with Gasteiger partial charge in [0.1, 0.15) is 6.35 Å². The third kappa shape index (κ3) is 7.54. The van der Waals surface area contributed by atoms with Crippen LogP contribution in [-0.4, -0.2) is 44.9 Å². The van der Waals surface area contributed by atoms with E-state index in [9.17, 15) is 14.2 Å². The number of nitrogens with one attached hydrogen (secondary N) is 1. The predicted molar refractivity (Wildman–Crippen MR) is 71.0 cm³/mol. The minimum atomic E-state index is -4.24. The fraction of sp³-hybridized carbons (Fsp3) is 0.600. The SMILES string of the molecule is Cc1cn(OC2C[C@H](OCP(=O)(O)O)CO2)c(=O)[nH]c1=O.[H-].[H-].[Na+].[Na+]. The summed E-state index contributed by atoms with van der Waals surface area (Å²) in [6.07, 6.45) is -0.623. The molecule has 1 aromatic rings. The molecule has 1 aromatic heterocycles. The first-order valence-electron chi connectivity index (χ1n) is 6.02. The maximum absolute atomic E-state index is 11.5. The van der Waals surface area contributed by atoms with E-state index in [1.807, 2.05) is 0 Å². The van der Waals surface area contributed by atoms with E-state index in [0.717, 1.165) is 4.73 Å². The number of aryl methyl sites for hydroxylation is 1. The molecule has 2 atom stereocenters. The van der Waals surface area contributed by atoms with Crippen LogP contribution in [0.15, 0.2) is 15.8 Å². The van der Waals surface area contributed by atoms with Crippen molar-refractivity contribution in [2.75, 3.05) is 13.0 Å².